The molecule has 0 unspecified atom stereocenters. The molecule has 2 aromatic rings. The van der Waals surface area contributed by atoms with Crippen molar-refractivity contribution in [1.29, 1.82) is 0 Å². The molecule has 0 heterocycles. The summed E-state index contributed by atoms with van der Waals surface area (Å²) in [6, 6.07) is 16.2. The zero-order valence-electron chi connectivity index (χ0n) is 14.9. The Morgan fingerprint density at radius 2 is 1.54 bits per heavy atom. The SMILES string of the molecule is Cc1ccc(OCC(=O)NC[C@@H](c2ccc(C)cc2)N(C)C)cc1. The van der Waals surface area contributed by atoms with Crippen molar-refractivity contribution >= 4 is 5.91 Å². The molecule has 0 radical (unpaired) electrons. The molecule has 1 amide bonds. The number of benzene rings is 2. The van der Waals surface area contributed by atoms with E-state index in [1.54, 1.807) is 0 Å². The maximum absolute atomic E-state index is 12.0. The second-order valence-electron chi connectivity index (χ2n) is 6.30. The Labute approximate surface area is 144 Å². The van der Waals surface area contributed by atoms with Gasteiger partial charge in [-0.15, -0.1) is 0 Å². The minimum absolute atomic E-state index is 0.0249. The molecule has 128 valence electrons. The molecule has 0 saturated carbocycles. The van der Waals surface area contributed by atoms with E-state index in [4.69, 9.17) is 4.74 Å². The number of hydrogen-bond donors (Lipinski definition) is 1. The molecule has 4 heteroatoms. The maximum Gasteiger partial charge on any atom is 0.258 e. The van der Waals surface area contributed by atoms with Gasteiger partial charge in [-0.1, -0.05) is 47.5 Å². The van der Waals surface area contributed by atoms with Gasteiger partial charge in [0.25, 0.3) is 5.91 Å². The van der Waals surface area contributed by atoms with E-state index in [0.717, 1.165) is 0 Å². The van der Waals surface area contributed by atoms with Crippen molar-refractivity contribution in [2.24, 2.45) is 0 Å². The van der Waals surface area contributed by atoms with E-state index in [1.807, 2.05) is 45.3 Å². The van der Waals surface area contributed by atoms with Crippen molar-refractivity contribution in [2.75, 3.05) is 27.2 Å². The van der Waals surface area contributed by atoms with Gasteiger partial charge in [-0.3, -0.25) is 4.79 Å². The summed E-state index contributed by atoms with van der Waals surface area (Å²) in [6.07, 6.45) is 0. The van der Waals surface area contributed by atoms with E-state index >= 15 is 0 Å². The number of rotatable bonds is 7. The number of hydrogen-bond acceptors (Lipinski definition) is 3. The zero-order chi connectivity index (χ0) is 17.5. The monoisotopic (exact) mass is 326 g/mol. The fourth-order valence-corrected chi connectivity index (χ4v) is 2.43. The van der Waals surface area contributed by atoms with Crippen molar-refractivity contribution in [1.82, 2.24) is 10.2 Å². The molecule has 0 aromatic heterocycles. The summed E-state index contributed by atoms with van der Waals surface area (Å²) >= 11 is 0. The van der Waals surface area contributed by atoms with Gasteiger partial charge in [0.05, 0.1) is 6.04 Å². The number of aryl methyl sites for hydroxylation is 2. The van der Waals surface area contributed by atoms with Crippen LogP contribution in [0.1, 0.15) is 22.7 Å². The number of ether oxygens (including phenoxy) is 1. The van der Waals surface area contributed by atoms with Crippen LogP contribution in [-0.2, 0) is 4.79 Å². The van der Waals surface area contributed by atoms with Crippen molar-refractivity contribution in [3.63, 3.8) is 0 Å². The summed E-state index contributed by atoms with van der Waals surface area (Å²) in [6.45, 7) is 4.66. The van der Waals surface area contributed by atoms with E-state index in [9.17, 15) is 4.79 Å². The lowest BCUT2D eigenvalue weighted by atomic mass is 10.0. The molecule has 4 nitrogen and oxygen atoms in total. The molecule has 1 N–H and O–H groups in total. The van der Waals surface area contributed by atoms with Crippen LogP contribution in [0.2, 0.25) is 0 Å². The Morgan fingerprint density at radius 3 is 2.08 bits per heavy atom. The van der Waals surface area contributed by atoms with E-state index < -0.39 is 0 Å². The second kappa shape index (κ2) is 8.50. The molecule has 0 aliphatic carbocycles. The molecule has 0 aliphatic rings. The van der Waals surface area contributed by atoms with Crippen LogP contribution in [0, 0.1) is 13.8 Å². The lowest BCUT2D eigenvalue weighted by Gasteiger charge is -2.25. The molecule has 2 aromatic carbocycles. The van der Waals surface area contributed by atoms with Crippen molar-refractivity contribution in [3.8, 4) is 5.75 Å². The predicted molar refractivity (Wildman–Crippen MR) is 97.3 cm³/mol. The molecule has 24 heavy (non-hydrogen) atoms. The van der Waals surface area contributed by atoms with Crippen LogP contribution in [0.5, 0.6) is 5.75 Å². The number of nitrogens with one attached hydrogen (secondary N) is 1. The average molecular weight is 326 g/mol. The summed E-state index contributed by atoms with van der Waals surface area (Å²) in [5, 5.41) is 2.95. The zero-order valence-corrected chi connectivity index (χ0v) is 14.9. The van der Waals surface area contributed by atoms with Gasteiger partial charge in [-0.05, 0) is 45.6 Å². The van der Waals surface area contributed by atoms with E-state index in [-0.39, 0.29) is 18.6 Å². The first-order valence-electron chi connectivity index (χ1n) is 8.15. The van der Waals surface area contributed by atoms with Crippen LogP contribution in [0.4, 0.5) is 0 Å². The van der Waals surface area contributed by atoms with E-state index in [0.29, 0.717) is 12.3 Å². The Morgan fingerprint density at radius 1 is 1.00 bits per heavy atom. The minimum atomic E-state index is -0.116. The third-order valence-corrected chi connectivity index (χ3v) is 3.97. The molecular formula is C20H26N2O2. The van der Waals surface area contributed by atoms with Crippen LogP contribution in [0.15, 0.2) is 48.5 Å². The van der Waals surface area contributed by atoms with Crippen LogP contribution in [0.25, 0.3) is 0 Å². The number of carbonyl (C=O) groups excluding carboxylic acids is 1. The van der Waals surface area contributed by atoms with Gasteiger partial charge in [-0.2, -0.15) is 0 Å². The van der Waals surface area contributed by atoms with Gasteiger partial charge in [0.15, 0.2) is 6.61 Å². The number of carbonyl (C=O) groups is 1. The number of amides is 1. The van der Waals surface area contributed by atoms with Crippen LogP contribution < -0.4 is 10.1 Å². The molecule has 0 aliphatic heterocycles. The minimum Gasteiger partial charge on any atom is -0.484 e. The Kier molecular flexibility index (Phi) is 6.38. The normalized spacial score (nSPS) is 12.0. The third kappa shape index (κ3) is 5.39. The molecule has 2 rings (SSSR count). The molecule has 0 spiro atoms. The topological polar surface area (TPSA) is 41.6 Å². The average Bonchev–Trinajstić information content (AvgIpc) is 2.56. The lowest BCUT2D eigenvalue weighted by Crippen LogP contribution is -2.36. The molecule has 0 saturated heterocycles. The highest BCUT2D eigenvalue weighted by atomic mass is 16.5. The third-order valence-electron chi connectivity index (χ3n) is 3.97. The Hall–Kier alpha value is -2.33. The summed E-state index contributed by atoms with van der Waals surface area (Å²) < 4.78 is 5.51. The van der Waals surface area contributed by atoms with Crippen molar-refractivity contribution in [3.05, 3.63) is 65.2 Å². The maximum atomic E-state index is 12.0. The molecule has 0 bridgehead atoms. The van der Waals surface area contributed by atoms with Crippen LogP contribution in [-0.4, -0.2) is 38.1 Å². The van der Waals surface area contributed by atoms with Gasteiger partial charge < -0.3 is 15.0 Å². The van der Waals surface area contributed by atoms with Crippen LogP contribution in [0.3, 0.4) is 0 Å². The van der Waals surface area contributed by atoms with Crippen molar-refractivity contribution in [2.45, 2.75) is 19.9 Å². The first kappa shape index (κ1) is 18.0. The first-order valence-corrected chi connectivity index (χ1v) is 8.15. The number of nitrogens with zero attached hydrogens (tertiary/aromatic N) is 1. The highest BCUT2D eigenvalue weighted by molar-refractivity contribution is 5.77. The number of likely N-dealkylation sites (N-methyl/N-ethyl adjacent to an activating group) is 1. The summed E-state index contributed by atoms with van der Waals surface area (Å²) in [7, 11) is 4.03. The van der Waals surface area contributed by atoms with E-state index in [2.05, 4.69) is 41.4 Å². The quantitative estimate of drug-likeness (QED) is 0.850. The largest absolute Gasteiger partial charge is 0.484 e. The van der Waals surface area contributed by atoms with Gasteiger partial charge in [0, 0.05) is 6.54 Å². The van der Waals surface area contributed by atoms with Gasteiger partial charge in [0.2, 0.25) is 0 Å². The van der Waals surface area contributed by atoms with Crippen molar-refractivity contribution < 1.29 is 9.53 Å². The standard InChI is InChI=1S/C20H26N2O2/c1-15-5-9-17(10-6-15)19(22(3)4)13-21-20(23)14-24-18-11-7-16(2)8-12-18/h5-12,19H,13-14H2,1-4H3,(H,21,23)/t19-/m0/s1. The van der Waals surface area contributed by atoms with Gasteiger partial charge >= 0.3 is 0 Å². The lowest BCUT2D eigenvalue weighted by molar-refractivity contribution is -0.123. The van der Waals surface area contributed by atoms with Gasteiger partial charge in [0.1, 0.15) is 5.75 Å². The summed E-state index contributed by atoms with van der Waals surface area (Å²) in [5.74, 6) is 0.591. The van der Waals surface area contributed by atoms with E-state index in [1.165, 1.54) is 16.7 Å². The highest BCUT2D eigenvalue weighted by Crippen LogP contribution is 2.18. The second-order valence-corrected chi connectivity index (χ2v) is 6.30. The Balaban J connectivity index is 1.86. The Bertz CT molecular complexity index is 648. The molecule has 1 atom stereocenters. The fourth-order valence-electron chi connectivity index (χ4n) is 2.43. The van der Waals surface area contributed by atoms with Crippen LogP contribution >= 0.6 is 0 Å². The van der Waals surface area contributed by atoms with Gasteiger partial charge in [-0.25, -0.2) is 0 Å². The molecule has 0 fully saturated rings. The smallest absolute Gasteiger partial charge is 0.258 e. The highest BCUT2D eigenvalue weighted by Gasteiger charge is 2.15. The fraction of sp³-hybridized carbons (Fsp3) is 0.350. The predicted octanol–water partition coefficient (Wildman–Crippen LogP) is 3.10. The summed E-state index contributed by atoms with van der Waals surface area (Å²) in [4.78, 5) is 14.1. The summed E-state index contributed by atoms with van der Waals surface area (Å²) in [5.41, 5.74) is 3.58. The first-order chi connectivity index (χ1) is 11.5. The molecular weight excluding hydrogens is 300 g/mol.